The summed E-state index contributed by atoms with van der Waals surface area (Å²) in [5, 5.41) is 14.9. The highest BCUT2D eigenvalue weighted by atomic mass is 35.5. The van der Waals surface area contributed by atoms with Crippen LogP contribution in [0, 0.1) is 11.3 Å². The minimum absolute atomic E-state index is 0.0562. The van der Waals surface area contributed by atoms with Crippen molar-refractivity contribution in [3.05, 3.63) is 87.9 Å². The second-order valence-corrected chi connectivity index (χ2v) is 13.5. The maximum Gasteiger partial charge on any atom is 0.407 e. The van der Waals surface area contributed by atoms with Crippen LogP contribution in [-0.4, -0.2) is 44.5 Å². The molecule has 0 radical (unpaired) electrons. The predicted molar refractivity (Wildman–Crippen MR) is 158 cm³/mol. The van der Waals surface area contributed by atoms with Crippen LogP contribution in [0.15, 0.2) is 71.6 Å². The van der Waals surface area contributed by atoms with Gasteiger partial charge in [-0.25, -0.2) is 12.8 Å². The van der Waals surface area contributed by atoms with E-state index in [1.54, 1.807) is 12.1 Å². The number of nitrogens with one attached hydrogen (secondary N) is 2. The molecule has 3 atom stereocenters. The number of amides is 1. The van der Waals surface area contributed by atoms with Crippen LogP contribution in [0.1, 0.15) is 37.4 Å². The Kier molecular flexibility index (Phi) is 10.9. The summed E-state index contributed by atoms with van der Waals surface area (Å²) in [4.78, 5) is 13.3. The molecule has 0 saturated carbocycles. The molecule has 0 bridgehead atoms. The number of benzene rings is 3. The topological polar surface area (TPSA) is 99.1 Å². The van der Waals surface area contributed by atoms with Crippen molar-refractivity contribution in [3.8, 4) is 17.2 Å². The van der Waals surface area contributed by atoms with E-state index >= 15 is 0 Å². The lowest BCUT2D eigenvalue weighted by Crippen LogP contribution is -2.53. The first-order chi connectivity index (χ1) is 19.9. The zero-order valence-electron chi connectivity index (χ0n) is 23.3. The number of nitrogens with zero attached hydrogens (tertiary/aromatic N) is 1. The number of nitriles is 1. The van der Waals surface area contributed by atoms with Gasteiger partial charge < -0.3 is 5.32 Å². The second-order valence-electron chi connectivity index (χ2n) is 10.7. The van der Waals surface area contributed by atoms with Crippen molar-refractivity contribution in [2.75, 3.05) is 6.26 Å². The monoisotopic (exact) mass is 657 g/mol. The van der Waals surface area contributed by atoms with E-state index < -0.39 is 52.1 Å². The molecule has 3 rings (SSSR count). The first kappa shape index (κ1) is 34.3. The molecule has 0 aliphatic rings. The summed E-state index contributed by atoms with van der Waals surface area (Å²) in [5.74, 6) is -0.987. The van der Waals surface area contributed by atoms with Crippen molar-refractivity contribution in [1.29, 1.82) is 5.26 Å². The summed E-state index contributed by atoms with van der Waals surface area (Å²) in [5.41, 5.74) is -0.679. The van der Waals surface area contributed by atoms with E-state index in [2.05, 4.69) is 10.6 Å². The number of sulfone groups is 1. The van der Waals surface area contributed by atoms with Crippen LogP contribution in [0.3, 0.4) is 0 Å². The van der Waals surface area contributed by atoms with Crippen LogP contribution < -0.4 is 10.6 Å². The molecule has 0 heterocycles. The van der Waals surface area contributed by atoms with Gasteiger partial charge in [-0.05, 0) is 60.4 Å². The molecular formula is C30H29Cl2F4N3O3S. The third-order valence-electron chi connectivity index (χ3n) is 6.47. The SMILES string of the molecule is CC(C)(F)C[C@H](N[C@@H](c1ccc(-c2ccc(S(C)(=O)=O)cc2)cc1)C(F)(F)F)C(=O)N[C@H](C#N)Cc1ccc(Cl)cc1Cl. The van der Waals surface area contributed by atoms with Gasteiger partial charge >= 0.3 is 6.18 Å². The number of carbonyl (C=O) groups excluding carboxylic acids is 1. The Morgan fingerprint density at radius 1 is 0.953 bits per heavy atom. The molecule has 3 aromatic carbocycles. The summed E-state index contributed by atoms with van der Waals surface area (Å²) in [6.07, 6.45) is -4.48. The van der Waals surface area contributed by atoms with Crippen LogP contribution in [0.5, 0.6) is 0 Å². The zero-order valence-corrected chi connectivity index (χ0v) is 25.7. The Hall–Kier alpha value is -3.17. The van der Waals surface area contributed by atoms with E-state index in [4.69, 9.17) is 23.2 Å². The number of hydrogen-bond donors (Lipinski definition) is 2. The van der Waals surface area contributed by atoms with E-state index in [1.165, 1.54) is 54.6 Å². The Morgan fingerprint density at radius 3 is 1.98 bits per heavy atom. The Bertz CT molecular complexity index is 1590. The van der Waals surface area contributed by atoms with Crippen LogP contribution >= 0.6 is 23.2 Å². The molecule has 230 valence electrons. The van der Waals surface area contributed by atoms with Gasteiger partial charge in [0.2, 0.25) is 5.91 Å². The number of rotatable bonds is 11. The van der Waals surface area contributed by atoms with Crippen molar-refractivity contribution >= 4 is 38.9 Å². The van der Waals surface area contributed by atoms with Gasteiger partial charge in [-0.15, -0.1) is 0 Å². The first-order valence-corrected chi connectivity index (χ1v) is 15.6. The fraction of sp³-hybridized carbons (Fsp3) is 0.333. The maximum atomic E-state index is 14.7. The van der Waals surface area contributed by atoms with E-state index in [1.807, 2.05) is 6.07 Å². The van der Waals surface area contributed by atoms with Crippen molar-refractivity contribution in [2.24, 2.45) is 0 Å². The van der Waals surface area contributed by atoms with E-state index in [-0.39, 0.29) is 21.9 Å². The minimum Gasteiger partial charge on any atom is -0.339 e. The zero-order chi connectivity index (χ0) is 32.2. The third-order valence-corrected chi connectivity index (χ3v) is 8.19. The van der Waals surface area contributed by atoms with Gasteiger partial charge in [0.25, 0.3) is 0 Å². The molecule has 0 aliphatic carbocycles. The first-order valence-electron chi connectivity index (χ1n) is 12.9. The molecule has 0 fully saturated rings. The van der Waals surface area contributed by atoms with E-state index in [0.29, 0.717) is 21.7 Å². The summed E-state index contributed by atoms with van der Waals surface area (Å²) >= 11 is 12.1. The summed E-state index contributed by atoms with van der Waals surface area (Å²) in [6, 6.07) is 12.4. The smallest absolute Gasteiger partial charge is 0.339 e. The highest BCUT2D eigenvalue weighted by Gasteiger charge is 2.44. The van der Waals surface area contributed by atoms with Crippen LogP contribution in [0.25, 0.3) is 11.1 Å². The van der Waals surface area contributed by atoms with Gasteiger partial charge in [0.05, 0.1) is 17.0 Å². The van der Waals surface area contributed by atoms with Crippen LogP contribution in [0.2, 0.25) is 10.0 Å². The molecule has 2 N–H and O–H groups in total. The number of halogens is 6. The molecule has 1 amide bonds. The van der Waals surface area contributed by atoms with Gasteiger partial charge in [-0.1, -0.05) is 65.7 Å². The van der Waals surface area contributed by atoms with Crippen molar-refractivity contribution in [1.82, 2.24) is 10.6 Å². The lowest BCUT2D eigenvalue weighted by Gasteiger charge is -2.30. The Balaban J connectivity index is 1.85. The molecule has 13 heteroatoms. The summed E-state index contributed by atoms with van der Waals surface area (Å²) in [7, 11) is -3.42. The fourth-order valence-corrected chi connectivity index (χ4v) is 5.48. The lowest BCUT2D eigenvalue weighted by molar-refractivity contribution is -0.161. The van der Waals surface area contributed by atoms with Crippen molar-refractivity contribution < 1.29 is 30.8 Å². The molecule has 3 aromatic rings. The van der Waals surface area contributed by atoms with Crippen LogP contribution in [0.4, 0.5) is 17.6 Å². The molecule has 0 aliphatic heterocycles. The highest BCUT2D eigenvalue weighted by Crippen LogP contribution is 2.35. The fourth-order valence-electron chi connectivity index (χ4n) is 4.36. The standard InChI is InChI=1S/C30H29Cl2F4N3O3S/c1-29(2,33)16-26(28(40)38-23(17-37)14-21-8-11-22(31)15-25(21)32)39-27(30(34,35)36)20-6-4-18(5-7-20)19-9-12-24(13-10-19)43(3,41)42/h4-13,15,23,26-27,39H,14,16H2,1-3H3,(H,38,40)/t23-,26-,27-/m0/s1. The molecule has 43 heavy (non-hydrogen) atoms. The average molecular weight is 659 g/mol. The highest BCUT2D eigenvalue weighted by molar-refractivity contribution is 7.90. The van der Waals surface area contributed by atoms with Gasteiger partial charge in [0, 0.05) is 29.1 Å². The third kappa shape index (κ3) is 9.93. The predicted octanol–water partition coefficient (Wildman–Crippen LogP) is 7.01. The second kappa shape index (κ2) is 13.6. The molecule has 0 saturated heterocycles. The minimum atomic E-state index is -4.87. The molecule has 0 aromatic heterocycles. The quantitative estimate of drug-likeness (QED) is 0.216. The van der Waals surface area contributed by atoms with Crippen molar-refractivity contribution in [3.63, 3.8) is 0 Å². The number of carbonyl (C=O) groups is 1. The maximum absolute atomic E-state index is 14.7. The average Bonchev–Trinajstić information content (AvgIpc) is 2.90. The van der Waals surface area contributed by atoms with E-state index in [9.17, 15) is 36.0 Å². The summed E-state index contributed by atoms with van der Waals surface area (Å²) in [6.45, 7) is 2.27. The van der Waals surface area contributed by atoms with Crippen molar-refractivity contribution in [2.45, 2.75) is 61.6 Å². The molecule has 6 nitrogen and oxygen atoms in total. The van der Waals surface area contributed by atoms with Gasteiger partial charge in [0.15, 0.2) is 9.84 Å². The Morgan fingerprint density at radius 2 is 1.51 bits per heavy atom. The molecular weight excluding hydrogens is 629 g/mol. The number of hydrogen-bond acceptors (Lipinski definition) is 5. The number of alkyl halides is 4. The normalized spacial score (nSPS) is 14.4. The molecule has 0 spiro atoms. The van der Waals surface area contributed by atoms with E-state index in [0.717, 1.165) is 20.1 Å². The van der Waals surface area contributed by atoms with Gasteiger partial charge in [0.1, 0.15) is 17.8 Å². The van der Waals surface area contributed by atoms with Gasteiger partial charge in [-0.3, -0.25) is 10.1 Å². The van der Waals surface area contributed by atoms with Gasteiger partial charge in [-0.2, -0.15) is 18.4 Å². The van der Waals surface area contributed by atoms with Crippen LogP contribution in [-0.2, 0) is 21.1 Å². The Labute approximate surface area is 257 Å². The molecule has 0 unspecified atom stereocenters. The lowest BCUT2D eigenvalue weighted by atomic mass is 9.96. The summed E-state index contributed by atoms with van der Waals surface area (Å²) < 4.78 is 81.1. The largest absolute Gasteiger partial charge is 0.407 e.